The van der Waals surface area contributed by atoms with Crippen molar-refractivity contribution >= 4 is 5.97 Å². The van der Waals surface area contributed by atoms with Crippen molar-refractivity contribution in [1.82, 2.24) is 0 Å². The van der Waals surface area contributed by atoms with Crippen molar-refractivity contribution in [3.63, 3.8) is 0 Å². The van der Waals surface area contributed by atoms with Gasteiger partial charge >= 0.3 is 5.97 Å². The Morgan fingerprint density at radius 1 is 1.44 bits per heavy atom. The molecule has 0 aliphatic carbocycles. The third-order valence-corrected chi connectivity index (χ3v) is 3.31. The van der Waals surface area contributed by atoms with Crippen LogP contribution in [0.2, 0.25) is 0 Å². The molecule has 16 heavy (non-hydrogen) atoms. The maximum absolute atomic E-state index is 11.7. The van der Waals surface area contributed by atoms with Crippen LogP contribution in [0.5, 0.6) is 5.75 Å². The van der Waals surface area contributed by atoms with Gasteiger partial charge in [-0.2, -0.15) is 0 Å². The van der Waals surface area contributed by atoms with Gasteiger partial charge in [0.1, 0.15) is 17.4 Å². The lowest BCUT2D eigenvalue weighted by atomic mass is 9.85. The van der Waals surface area contributed by atoms with Crippen molar-refractivity contribution in [1.29, 1.82) is 0 Å². The summed E-state index contributed by atoms with van der Waals surface area (Å²) in [5.74, 6) is -0.166. The Hall–Kier alpha value is -1.51. The maximum atomic E-state index is 11.7. The lowest BCUT2D eigenvalue weighted by molar-refractivity contribution is 0.0217. The van der Waals surface area contributed by atoms with Crippen LogP contribution in [-0.4, -0.2) is 17.2 Å². The summed E-state index contributed by atoms with van der Waals surface area (Å²) in [5, 5.41) is 9.91. The van der Waals surface area contributed by atoms with Crippen LogP contribution in [0.3, 0.4) is 0 Å². The van der Waals surface area contributed by atoms with Crippen LogP contribution in [0.25, 0.3) is 0 Å². The molecule has 0 radical (unpaired) electrons. The lowest BCUT2D eigenvalue weighted by Crippen LogP contribution is -2.29. The summed E-state index contributed by atoms with van der Waals surface area (Å²) in [7, 11) is 0. The average molecular weight is 220 g/mol. The number of ether oxygens (including phenoxy) is 1. The number of hydrogen-bond acceptors (Lipinski definition) is 3. The summed E-state index contributed by atoms with van der Waals surface area (Å²) in [5.41, 5.74) is 1.97. The quantitative estimate of drug-likeness (QED) is 0.740. The Bertz CT molecular complexity index is 437. The molecular weight excluding hydrogens is 204 g/mol. The first kappa shape index (κ1) is 11.0. The molecule has 3 heteroatoms. The molecule has 86 valence electrons. The van der Waals surface area contributed by atoms with E-state index in [-0.39, 0.29) is 17.8 Å². The number of phenols is 1. The van der Waals surface area contributed by atoms with E-state index >= 15 is 0 Å². The molecule has 0 aromatic heterocycles. The number of esters is 1. The fourth-order valence-electron chi connectivity index (χ4n) is 2.35. The Labute approximate surface area is 95.0 Å². The number of benzene rings is 1. The largest absolute Gasteiger partial charge is 0.507 e. The van der Waals surface area contributed by atoms with E-state index in [0.717, 1.165) is 12.0 Å². The SMILES string of the molecule is CCC1c2ccc(C)c(O)c2C(=O)OC1C. The van der Waals surface area contributed by atoms with Crippen LogP contribution in [0.1, 0.15) is 47.7 Å². The molecule has 1 N–H and O–H groups in total. The summed E-state index contributed by atoms with van der Waals surface area (Å²) < 4.78 is 5.25. The predicted molar refractivity (Wildman–Crippen MR) is 60.8 cm³/mol. The van der Waals surface area contributed by atoms with Gasteiger partial charge in [0.25, 0.3) is 0 Å². The number of carbonyl (C=O) groups excluding carboxylic acids is 1. The summed E-state index contributed by atoms with van der Waals surface area (Å²) in [6.07, 6.45) is 0.774. The molecule has 0 bridgehead atoms. The van der Waals surface area contributed by atoms with Crippen LogP contribution in [0.4, 0.5) is 0 Å². The third kappa shape index (κ3) is 1.47. The molecule has 0 saturated carbocycles. The average Bonchev–Trinajstić information content (AvgIpc) is 2.23. The van der Waals surface area contributed by atoms with Gasteiger partial charge in [-0.05, 0) is 31.4 Å². The van der Waals surface area contributed by atoms with E-state index in [0.29, 0.717) is 11.1 Å². The number of rotatable bonds is 1. The zero-order chi connectivity index (χ0) is 11.9. The molecule has 2 atom stereocenters. The number of fused-ring (bicyclic) bond motifs is 1. The Balaban J connectivity index is 2.63. The van der Waals surface area contributed by atoms with Crippen molar-refractivity contribution < 1.29 is 14.6 Å². The molecule has 1 heterocycles. The van der Waals surface area contributed by atoms with E-state index in [2.05, 4.69) is 6.92 Å². The highest BCUT2D eigenvalue weighted by Gasteiger charge is 2.34. The van der Waals surface area contributed by atoms with E-state index in [1.165, 1.54) is 0 Å². The standard InChI is InChI=1S/C13H16O3/c1-4-9-8(3)16-13(15)11-10(9)6-5-7(2)12(11)14/h5-6,8-9,14H,4H2,1-3H3. The molecule has 1 aliphatic heterocycles. The first-order valence-corrected chi connectivity index (χ1v) is 5.59. The zero-order valence-electron chi connectivity index (χ0n) is 9.78. The topological polar surface area (TPSA) is 46.5 Å². The van der Waals surface area contributed by atoms with Gasteiger partial charge in [0.05, 0.1) is 0 Å². The fraction of sp³-hybridized carbons (Fsp3) is 0.462. The van der Waals surface area contributed by atoms with Crippen LogP contribution in [-0.2, 0) is 4.74 Å². The Morgan fingerprint density at radius 3 is 2.75 bits per heavy atom. The van der Waals surface area contributed by atoms with E-state index < -0.39 is 5.97 Å². The first-order valence-electron chi connectivity index (χ1n) is 5.59. The summed E-state index contributed by atoms with van der Waals surface area (Å²) in [6, 6.07) is 3.78. The highest BCUT2D eigenvalue weighted by Crippen LogP contribution is 2.38. The molecular formula is C13H16O3. The minimum atomic E-state index is -0.409. The predicted octanol–water partition coefficient (Wildman–Crippen LogP) is 2.75. The van der Waals surface area contributed by atoms with Crippen LogP contribution < -0.4 is 0 Å². The molecule has 2 unspecified atom stereocenters. The number of aromatic hydroxyl groups is 1. The smallest absolute Gasteiger partial charge is 0.342 e. The Kier molecular flexibility index (Phi) is 2.62. The van der Waals surface area contributed by atoms with E-state index in [9.17, 15) is 9.90 Å². The first-order chi connectivity index (χ1) is 7.56. The van der Waals surface area contributed by atoms with E-state index in [1.54, 1.807) is 6.92 Å². The van der Waals surface area contributed by atoms with Crippen LogP contribution >= 0.6 is 0 Å². The lowest BCUT2D eigenvalue weighted by Gasteiger charge is -2.30. The molecule has 0 amide bonds. The van der Waals surface area contributed by atoms with Crippen molar-refractivity contribution in [3.05, 3.63) is 28.8 Å². The highest BCUT2D eigenvalue weighted by atomic mass is 16.5. The molecule has 0 fully saturated rings. The summed E-state index contributed by atoms with van der Waals surface area (Å²) >= 11 is 0. The highest BCUT2D eigenvalue weighted by molar-refractivity contribution is 5.96. The molecule has 1 aliphatic rings. The fourth-order valence-corrected chi connectivity index (χ4v) is 2.35. The second-order valence-electron chi connectivity index (χ2n) is 4.32. The molecule has 2 rings (SSSR count). The van der Waals surface area contributed by atoms with E-state index in [1.807, 2.05) is 19.1 Å². The molecule has 0 saturated heterocycles. The van der Waals surface area contributed by atoms with Gasteiger partial charge in [0.2, 0.25) is 0 Å². The van der Waals surface area contributed by atoms with Gasteiger partial charge in [-0.1, -0.05) is 19.1 Å². The number of hydrogen-bond donors (Lipinski definition) is 1. The van der Waals surface area contributed by atoms with Gasteiger partial charge in [-0.3, -0.25) is 0 Å². The summed E-state index contributed by atoms with van der Waals surface area (Å²) in [4.78, 5) is 11.7. The monoisotopic (exact) mass is 220 g/mol. The number of aryl methyl sites for hydroxylation is 1. The second kappa shape index (κ2) is 3.81. The minimum absolute atomic E-state index is 0.0628. The number of carbonyl (C=O) groups is 1. The van der Waals surface area contributed by atoms with Crippen molar-refractivity contribution in [3.8, 4) is 5.75 Å². The van der Waals surface area contributed by atoms with Crippen molar-refractivity contribution in [2.24, 2.45) is 0 Å². The van der Waals surface area contributed by atoms with Crippen LogP contribution in [0, 0.1) is 6.92 Å². The van der Waals surface area contributed by atoms with Gasteiger partial charge < -0.3 is 9.84 Å². The minimum Gasteiger partial charge on any atom is -0.507 e. The van der Waals surface area contributed by atoms with Crippen molar-refractivity contribution in [2.75, 3.05) is 0 Å². The summed E-state index contributed by atoms with van der Waals surface area (Å²) in [6.45, 7) is 5.73. The maximum Gasteiger partial charge on any atom is 0.342 e. The molecule has 0 spiro atoms. The molecule has 3 nitrogen and oxygen atoms in total. The van der Waals surface area contributed by atoms with Gasteiger partial charge in [-0.15, -0.1) is 0 Å². The Morgan fingerprint density at radius 2 is 2.12 bits per heavy atom. The molecule has 1 aromatic rings. The normalized spacial score (nSPS) is 23.8. The third-order valence-electron chi connectivity index (χ3n) is 3.31. The number of cyclic esters (lactones) is 1. The second-order valence-corrected chi connectivity index (χ2v) is 4.32. The van der Waals surface area contributed by atoms with Gasteiger partial charge in [-0.25, -0.2) is 4.79 Å². The van der Waals surface area contributed by atoms with Gasteiger partial charge in [0.15, 0.2) is 0 Å². The van der Waals surface area contributed by atoms with Crippen LogP contribution in [0.15, 0.2) is 12.1 Å². The van der Waals surface area contributed by atoms with Gasteiger partial charge in [0, 0.05) is 5.92 Å². The molecule has 1 aromatic carbocycles. The van der Waals surface area contributed by atoms with E-state index in [4.69, 9.17) is 4.74 Å². The van der Waals surface area contributed by atoms with Crippen molar-refractivity contribution in [2.45, 2.75) is 39.2 Å². The zero-order valence-corrected chi connectivity index (χ0v) is 9.78. The number of phenolic OH excluding ortho intramolecular Hbond substituents is 1.